The van der Waals surface area contributed by atoms with E-state index >= 15 is 0 Å². The summed E-state index contributed by atoms with van der Waals surface area (Å²) >= 11 is 0. The molecule has 13 heavy (non-hydrogen) atoms. The molecule has 0 radical (unpaired) electrons. The summed E-state index contributed by atoms with van der Waals surface area (Å²) < 4.78 is 0. The molecule has 0 unspecified atom stereocenters. The zero-order valence-corrected chi connectivity index (χ0v) is 8.30. The van der Waals surface area contributed by atoms with Crippen LogP contribution in [-0.4, -0.2) is 11.5 Å². The first kappa shape index (κ1) is 8.70. The van der Waals surface area contributed by atoms with Crippen LogP contribution < -0.4 is 5.32 Å². The first-order valence-electron chi connectivity index (χ1n) is 4.96. The van der Waals surface area contributed by atoms with E-state index in [0.717, 1.165) is 19.5 Å². The zero-order chi connectivity index (χ0) is 9.26. The zero-order valence-electron chi connectivity index (χ0n) is 8.30. The smallest absolute Gasteiger partial charge is 0.0476 e. The molecule has 2 heterocycles. The molecule has 2 rings (SSSR count). The maximum Gasteiger partial charge on any atom is 0.0476 e. The molecule has 70 valence electrons. The maximum absolute atomic E-state index is 4.45. The van der Waals surface area contributed by atoms with E-state index in [4.69, 9.17) is 0 Å². The molecule has 0 aliphatic carbocycles. The van der Waals surface area contributed by atoms with Gasteiger partial charge in [0, 0.05) is 18.4 Å². The van der Waals surface area contributed by atoms with Crippen LogP contribution in [0.25, 0.3) is 0 Å². The average molecular weight is 176 g/mol. The number of nitrogens with zero attached hydrogens (tertiary/aromatic N) is 1. The van der Waals surface area contributed by atoms with Crippen molar-refractivity contribution >= 4 is 0 Å². The summed E-state index contributed by atoms with van der Waals surface area (Å²) in [6.45, 7) is 6.51. The molecule has 2 heteroatoms. The van der Waals surface area contributed by atoms with Crippen LogP contribution in [0.4, 0.5) is 0 Å². The van der Waals surface area contributed by atoms with Crippen molar-refractivity contribution in [2.75, 3.05) is 6.54 Å². The third-order valence-corrected chi connectivity index (χ3v) is 2.61. The normalized spacial score (nSPS) is 15.9. The van der Waals surface area contributed by atoms with Crippen molar-refractivity contribution in [2.45, 2.75) is 32.7 Å². The standard InChI is InChI=1S/C11H16N2/c1-8(2)11-10-7-12-5-3-9(10)4-6-13-11/h4,6,8,12H,3,5,7H2,1-2H3. The van der Waals surface area contributed by atoms with Crippen LogP contribution >= 0.6 is 0 Å². The number of pyridine rings is 1. The Kier molecular flexibility index (Phi) is 2.32. The van der Waals surface area contributed by atoms with Crippen molar-refractivity contribution in [3.05, 3.63) is 29.1 Å². The van der Waals surface area contributed by atoms with Gasteiger partial charge in [0.05, 0.1) is 0 Å². The van der Waals surface area contributed by atoms with Gasteiger partial charge in [0.1, 0.15) is 0 Å². The van der Waals surface area contributed by atoms with Gasteiger partial charge in [0.2, 0.25) is 0 Å². The Morgan fingerprint density at radius 1 is 1.46 bits per heavy atom. The third-order valence-electron chi connectivity index (χ3n) is 2.61. The minimum absolute atomic E-state index is 0.537. The van der Waals surface area contributed by atoms with Crippen LogP contribution in [-0.2, 0) is 13.0 Å². The van der Waals surface area contributed by atoms with Crippen LogP contribution in [0, 0.1) is 0 Å². The molecule has 0 saturated heterocycles. The largest absolute Gasteiger partial charge is 0.312 e. The Hall–Kier alpha value is -0.890. The molecule has 0 atom stereocenters. The van der Waals surface area contributed by atoms with E-state index in [2.05, 4.69) is 30.2 Å². The van der Waals surface area contributed by atoms with Crippen LogP contribution in [0.2, 0.25) is 0 Å². The lowest BCUT2D eigenvalue weighted by molar-refractivity contribution is 0.624. The summed E-state index contributed by atoms with van der Waals surface area (Å²) in [5.74, 6) is 0.537. The van der Waals surface area contributed by atoms with Gasteiger partial charge in [-0.1, -0.05) is 13.8 Å². The minimum Gasteiger partial charge on any atom is -0.312 e. The molecule has 1 aromatic heterocycles. The highest BCUT2D eigenvalue weighted by molar-refractivity contribution is 5.33. The Bertz CT molecular complexity index is 305. The second kappa shape index (κ2) is 3.46. The molecule has 1 aromatic rings. The Labute approximate surface area is 79.4 Å². The van der Waals surface area contributed by atoms with Gasteiger partial charge in [-0.15, -0.1) is 0 Å². The quantitative estimate of drug-likeness (QED) is 0.706. The Balaban J connectivity index is 2.46. The highest BCUT2D eigenvalue weighted by Crippen LogP contribution is 2.22. The lowest BCUT2D eigenvalue weighted by Crippen LogP contribution is -2.25. The Morgan fingerprint density at radius 3 is 3.08 bits per heavy atom. The van der Waals surface area contributed by atoms with Gasteiger partial charge in [-0.25, -0.2) is 0 Å². The number of rotatable bonds is 1. The van der Waals surface area contributed by atoms with E-state index in [1.165, 1.54) is 16.8 Å². The van der Waals surface area contributed by atoms with Crippen molar-refractivity contribution < 1.29 is 0 Å². The predicted octanol–water partition coefficient (Wildman–Crippen LogP) is 1.85. The molecule has 0 saturated carbocycles. The van der Waals surface area contributed by atoms with Gasteiger partial charge in [0.25, 0.3) is 0 Å². The highest BCUT2D eigenvalue weighted by Gasteiger charge is 2.14. The second-order valence-electron chi connectivity index (χ2n) is 3.92. The van der Waals surface area contributed by atoms with E-state index in [1.807, 2.05) is 6.20 Å². The molecule has 0 bridgehead atoms. The molecule has 0 aromatic carbocycles. The summed E-state index contributed by atoms with van der Waals surface area (Å²) in [4.78, 5) is 4.45. The lowest BCUT2D eigenvalue weighted by Gasteiger charge is -2.20. The number of aromatic nitrogens is 1. The van der Waals surface area contributed by atoms with E-state index in [-0.39, 0.29) is 0 Å². The van der Waals surface area contributed by atoms with E-state index < -0.39 is 0 Å². The molecule has 0 amide bonds. The predicted molar refractivity (Wildman–Crippen MR) is 53.7 cm³/mol. The molecular formula is C11H16N2. The van der Waals surface area contributed by atoms with Crippen molar-refractivity contribution in [1.82, 2.24) is 10.3 Å². The van der Waals surface area contributed by atoms with Crippen molar-refractivity contribution in [3.8, 4) is 0 Å². The van der Waals surface area contributed by atoms with Crippen molar-refractivity contribution in [2.24, 2.45) is 0 Å². The van der Waals surface area contributed by atoms with Gasteiger partial charge in [-0.3, -0.25) is 4.98 Å². The first-order chi connectivity index (χ1) is 6.29. The second-order valence-corrected chi connectivity index (χ2v) is 3.92. The van der Waals surface area contributed by atoms with Crippen LogP contribution in [0.15, 0.2) is 12.3 Å². The van der Waals surface area contributed by atoms with E-state index in [9.17, 15) is 0 Å². The first-order valence-corrected chi connectivity index (χ1v) is 4.96. The monoisotopic (exact) mass is 176 g/mol. The average Bonchev–Trinajstić information content (AvgIpc) is 2.17. The molecule has 1 aliphatic heterocycles. The topological polar surface area (TPSA) is 24.9 Å². The number of hydrogen-bond acceptors (Lipinski definition) is 2. The highest BCUT2D eigenvalue weighted by atomic mass is 14.9. The van der Waals surface area contributed by atoms with E-state index in [1.54, 1.807) is 0 Å². The van der Waals surface area contributed by atoms with Gasteiger partial charge >= 0.3 is 0 Å². The Morgan fingerprint density at radius 2 is 2.31 bits per heavy atom. The van der Waals surface area contributed by atoms with Crippen molar-refractivity contribution in [3.63, 3.8) is 0 Å². The van der Waals surface area contributed by atoms with Gasteiger partial charge < -0.3 is 5.32 Å². The molecular weight excluding hydrogens is 160 g/mol. The van der Waals surface area contributed by atoms with Gasteiger partial charge in [-0.2, -0.15) is 0 Å². The van der Waals surface area contributed by atoms with Crippen LogP contribution in [0.5, 0.6) is 0 Å². The minimum atomic E-state index is 0.537. The number of fused-ring (bicyclic) bond motifs is 1. The van der Waals surface area contributed by atoms with Crippen LogP contribution in [0.3, 0.4) is 0 Å². The van der Waals surface area contributed by atoms with Gasteiger partial charge in [0.15, 0.2) is 0 Å². The number of nitrogens with one attached hydrogen (secondary N) is 1. The van der Waals surface area contributed by atoms with Gasteiger partial charge in [-0.05, 0) is 36.1 Å². The molecule has 0 spiro atoms. The number of hydrogen-bond donors (Lipinski definition) is 1. The summed E-state index contributed by atoms with van der Waals surface area (Å²) in [5, 5.41) is 3.40. The third kappa shape index (κ3) is 1.59. The van der Waals surface area contributed by atoms with Crippen molar-refractivity contribution in [1.29, 1.82) is 0 Å². The fourth-order valence-corrected chi connectivity index (χ4v) is 1.92. The molecule has 1 aliphatic rings. The summed E-state index contributed by atoms with van der Waals surface area (Å²) in [6.07, 6.45) is 3.09. The fourth-order valence-electron chi connectivity index (χ4n) is 1.92. The molecule has 1 N–H and O–H groups in total. The SMILES string of the molecule is CC(C)c1nccc2c1CNCC2. The van der Waals surface area contributed by atoms with E-state index in [0.29, 0.717) is 5.92 Å². The van der Waals surface area contributed by atoms with Crippen LogP contribution in [0.1, 0.15) is 36.6 Å². The lowest BCUT2D eigenvalue weighted by atomic mass is 9.95. The summed E-state index contributed by atoms with van der Waals surface area (Å²) in [6, 6.07) is 2.15. The molecule has 2 nitrogen and oxygen atoms in total. The fraction of sp³-hybridized carbons (Fsp3) is 0.545. The molecule has 0 fully saturated rings. The summed E-state index contributed by atoms with van der Waals surface area (Å²) in [5.41, 5.74) is 4.19. The summed E-state index contributed by atoms with van der Waals surface area (Å²) in [7, 11) is 0. The maximum atomic E-state index is 4.45.